The lowest BCUT2D eigenvalue weighted by Gasteiger charge is -2.21. The summed E-state index contributed by atoms with van der Waals surface area (Å²) in [4.78, 5) is 23.3. The normalized spacial score (nSPS) is 11.7. The van der Waals surface area contributed by atoms with E-state index in [-0.39, 0.29) is 5.97 Å². The Morgan fingerprint density at radius 2 is 1.55 bits per heavy atom. The van der Waals surface area contributed by atoms with Crippen molar-refractivity contribution in [3.8, 4) is 16.9 Å². The Balaban J connectivity index is 2.08. The maximum absolute atomic E-state index is 11.7. The first kappa shape index (κ1) is 14.1. The highest BCUT2D eigenvalue weighted by atomic mass is 16.5. The third-order valence-corrected chi connectivity index (χ3v) is 3.61. The molecular weight excluding hydrogens is 284 g/mol. The number of carbonyl (C=O) groups is 2. The zero-order chi connectivity index (χ0) is 15.7. The van der Waals surface area contributed by atoms with Crippen LogP contribution in [0.4, 0.5) is 0 Å². The van der Waals surface area contributed by atoms with Crippen LogP contribution in [0.1, 0.15) is 26.3 Å². The number of hydrogen-bond donors (Lipinski definition) is 0. The third kappa shape index (κ3) is 2.30. The van der Waals surface area contributed by atoms with Gasteiger partial charge in [-0.2, -0.15) is 0 Å². The molecular formula is C17H14O5. The molecule has 5 nitrogen and oxygen atoms in total. The molecule has 0 atom stereocenters. The van der Waals surface area contributed by atoms with Crippen molar-refractivity contribution in [1.82, 2.24) is 0 Å². The van der Waals surface area contributed by atoms with Crippen molar-refractivity contribution >= 4 is 11.9 Å². The Hall–Kier alpha value is -2.82. The van der Waals surface area contributed by atoms with Gasteiger partial charge in [-0.3, -0.25) is 0 Å². The summed E-state index contributed by atoms with van der Waals surface area (Å²) < 4.78 is 15.1. The predicted molar refractivity (Wildman–Crippen MR) is 78.9 cm³/mol. The Morgan fingerprint density at radius 3 is 2.23 bits per heavy atom. The van der Waals surface area contributed by atoms with E-state index >= 15 is 0 Å². The summed E-state index contributed by atoms with van der Waals surface area (Å²) in [5, 5.41) is 0. The van der Waals surface area contributed by atoms with Gasteiger partial charge in [0.25, 0.3) is 0 Å². The van der Waals surface area contributed by atoms with Crippen LogP contribution in [0.5, 0.6) is 5.75 Å². The van der Waals surface area contributed by atoms with Crippen LogP contribution in [0, 0.1) is 0 Å². The maximum atomic E-state index is 11.7. The Bertz CT molecular complexity index is 764. The van der Waals surface area contributed by atoms with Crippen LogP contribution in [0.2, 0.25) is 0 Å². The molecule has 1 heterocycles. The van der Waals surface area contributed by atoms with Gasteiger partial charge < -0.3 is 14.2 Å². The van der Waals surface area contributed by atoms with Crippen LogP contribution >= 0.6 is 0 Å². The molecule has 0 spiro atoms. The molecule has 0 unspecified atom stereocenters. The van der Waals surface area contributed by atoms with E-state index in [2.05, 4.69) is 0 Å². The molecule has 1 aliphatic heterocycles. The summed E-state index contributed by atoms with van der Waals surface area (Å²) in [6.07, 6.45) is 0. The van der Waals surface area contributed by atoms with Crippen LogP contribution in [0.15, 0.2) is 36.4 Å². The van der Waals surface area contributed by atoms with Crippen LogP contribution < -0.4 is 4.74 Å². The summed E-state index contributed by atoms with van der Waals surface area (Å²) in [7, 11) is 2.68. The number of benzene rings is 2. The molecule has 112 valence electrons. The Labute approximate surface area is 127 Å². The van der Waals surface area contributed by atoms with Crippen molar-refractivity contribution in [3.05, 3.63) is 53.1 Å². The fraction of sp³-hybridized carbons (Fsp3) is 0.176. The van der Waals surface area contributed by atoms with Gasteiger partial charge in [0.1, 0.15) is 12.4 Å². The summed E-state index contributed by atoms with van der Waals surface area (Å²) in [6, 6.07) is 10.4. The van der Waals surface area contributed by atoms with Gasteiger partial charge in [-0.1, -0.05) is 6.07 Å². The van der Waals surface area contributed by atoms with Gasteiger partial charge in [0.2, 0.25) is 0 Å². The minimum absolute atomic E-state index is 0.383. The molecule has 0 fully saturated rings. The van der Waals surface area contributed by atoms with E-state index < -0.39 is 5.97 Å². The second-order valence-electron chi connectivity index (χ2n) is 4.85. The van der Waals surface area contributed by atoms with Crippen molar-refractivity contribution in [2.75, 3.05) is 14.2 Å². The molecule has 1 aliphatic rings. The van der Waals surface area contributed by atoms with Gasteiger partial charge in [0.15, 0.2) is 0 Å². The van der Waals surface area contributed by atoms with E-state index in [4.69, 9.17) is 14.2 Å². The molecule has 2 aromatic rings. The number of methoxy groups -OCH3 is 2. The first-order valence-electron chi connectivity index (χ1n) is 6.71. The second kappa shape index (κ2) is 5.52. The van der Waals surface area contributed by atoms with E-state index in [1.807, 2.05) is 6.07 Å². The SMILES string of the molecule is COC(=O)c1ccc2c(c1)OCc1ccc(C(=O)OC)cc1-2. The number of fused-ring (bicyclic) bond motifs is 3. The monoisotopic (exact) mass is 298 g/mol. The lowest BCUT2D eigenvalue weighted by molar-refractivity contribution is 0.0592. The maximum Gasteiger partial charge on any atom is 0.337 e. The van der Waals surface area contributed by atoms with Gasteiger partial charge in [0, 0.05) is 5.56 Å². The fourth-order valence-electron chi connectivity index (χ4n) is 2.46. The topological polar surface area (TPSA) is 61.8 Å². The second-order valence-corrected chi connectivity index (χ2v) is 4.85. The first-order valence-corrected chi connectivity index (χ1v) is 6.71. The first-order chi connectivity index (χ1) is 10.6. The molecule has 5 heteroatoms. The van der Waals surface area contributed by atoms with Crippen LogP contribution in [-0.4, -0.2) is 26.2 Å². The largest absolute Gasteiger partial charge is 0.488 e. The number of carbonyl (C=O) groups excluding carboxylic acids is 2. The molecule has 0 radical (unpaired) electrons. The molecule has 22 heavy (non-hydrogen) atoms. The molecule has 0 aliphatic carbocycles. The molecule has 0 saturated carbocycles. The molecule has 0 amide bonds. The highest BCUT2D eigenvalue weighted by Gasteiger charge is 2.21. The van der Waals surface area contributed by atoms with Crippen molar-refractivity contribution < 1.29 is 23.8 Å². The van der Waals surface area contributed by atoms with Crippen molar-refractivity contribution in [2.24, 2.45) is 0 Å². The van der Waals surface area contributed by atoms with Crippen molar-refractivity contribution in [1.29, 1.82) is 0 Å². The van der Waals surface area contributed by atoms with Crippen LogP contribution in [0.3, 0.4) is 0 Å². The lowest BCUT2D eigenvalue weighted by atomic mass is 9.94. The van der Waals surface area contributed by atoms with Crippen molar-refractivity contribution in [2.45, 2.75) is 6.61 Å². The van der Waals surface area contributed by atoms with E-state index in [0.717, 1.165) is 16.7 Å². The molecule has 3 rings (SSSR count). The van der Waals surface area contributed by atoms with E-state index in [9.17, 15) is 9.59 Å². The lowest BCUT2D eigenvalue weighted by Crippen LogP contribution is -2.09. The smallest absolute Gasteiger partial charge is 0.337 e. The average Bonchev–Trinajstić information content (AvgIpc) is 2.59. The number of hydrogen-bond acceptors (Lipinski definition) is 5. The zero-order valence-electron chi connectivity index (χ0n) is 12.2. The fourth-order valence-corrected chi connectivity index (χ4v) is 2.46. The Morgan fingerprint density at radius 1 is 0.909 bits per heavy atom. The summed E-state index contributed by atoms with van der Waals surface area (Å²) in [5.74, 6) is -0.208. The van der Waals surface area contributed by atoms with Gasteiger partial charge >= 0.3 is 11.9 Å². The summed E-state index contributed by atoms with van der Waals surface area (Å²) in [6.45, 7) is 0.383. The minimum Gasteiger partial charge on any atom is -0.488 e. The van der Waals surface area contributed by atoms with Gasteiger partial charge in [-0.15, -0.1) is 0 Å². The standard InChI is InChI=1S/C17H14O5/c1-20-16(18)10-3-4-12-9-22-15-8-11(17(19)21-2)5-6-13(15)14(12)7-10/h3-8H,9H2,1-2H3. The van der Waals surface area contributed by atoms with Gasteiger partial charge in [0.05, 0.1) is 25.3 Å². The summed E-state index contributed by atoms with van der Waals surface area (Å²) >= 11 is 0. The molecule has 0 bridgehead atoms. The number of ether oxygens (including phenoxy) is 3. The minimum atomic E-state index is -0.416. The number of esters is 2. The van der Waals surface area contributed by atoms with E-state index in [0.29, 0.717) is 23.5 Å². The van der Waals surface area contributed by atoms with E-state index in [1.165, 1.54) is 14.2 Å². The molecule has 2 aromatic carbocycles. The molecule has 0 aromatic heterocycles. The summed E-state index contributed by atoms with van der Waals surface area (Å²) in [5.41, 5.74) is 3.62. The molecule has 0 N–H and O–H groups in total. The zero-order valence-corrected chi connectivity index (χ0v) is 12.2. The van der Waals surface area contributed by atoms with Gasteiger partial charge in [-0.25, -0.2) is 9.59 Å². The average molecular weight is 298 g/mol. The highest BCUT2D eigenvalue weighted by molar-refractivity contribution is 5.94. The number of rotatable bonds is 2. The van der Waals surface area contributed by atoms with Crippen LogP contribution in [0.25, 0.3) is 11.1 Å². The van der Waals surface area contributed by atoms with E-state index in [1.54, 1.807) is 30.3 Å². The van der Waals surface area contributed by atoms with Crippen molar-refractivity contribution in [3.63, 3.8) is 0 Å². The quantitative estimate of drug-likeness (QED) is 0.798. The van der Waals surface area contributed by atoms with Gasteiger partial charge in [-0.05, 0) is 41.5 Å². The highest BCUT2D eigenvalue weighted by Crippen LogP contribution is 2.38. The predicted octanol–water partition coefficient (Wildman–Crippen LogP) is 2.82. The molecule has 0 saturated heterocycles. The third-order valence-electron chi connectivity index (χ3n) is 3.61. The Kier molecular flexibility index (Phi) is 3.55. The van der Waals surface area contributed by atoms with Crippen LogP contribution in [-0.2, 0) is 16.1 Å².